The molecule has 0 spiro atoms. The zero-order valence-corrected chi connectivity index (χ0v) is 11.5. The van der Waals surface area contributed by atoms with Crippen LogP contribution in [0.5, 0.6) is 0 Å². The lowest BCUT2D eigenvalue weighted by Gasteiger charge is -2.19. The Balaban J connectivity index is 2.02. The number of halogens is 1. The third-order valence-corrected chi connectivity index (χ3v) is 3.36. The average Bonchev–Trinajstić information content (AvgIpc) is 2.45. The van der Waals surface area contributed by atoms with E-state index in [1.54, 1.807) is 18.5 Å². The van der Waals surface area contributed by atoms with Crippen LogP contribution >= 0.6 is 11.6 Å². The first-order valence-corrected chi connectivity index (χ1v) is 6.43. The van der Waals surface area contributed by atoms with Crippen LogP contribution in [0.2, 0.25) is 5.02 Å². The van der Waals surface area contributed by atoms with E-state index in [1.807, 2.05) is 31.3 Å². The van der Waals surface area contributed by atoms with Crippen molar-refractivity contribution in [1.29, 1.82) is 0 Å². The molecule has 1 aromatic carbocycles. The van der Waals surface area contributed by atoms with Crippen molar-refractivity contribution in [2.24, 2.45) is 0 Å². The summed E-state index contributed by atoms with van der Waals surface area (Å²) in [6, 6.07) is 9.49. The Morgan fingerprint density at radius 3 is 2.63 bits per heavy atom. The third kappa shape index (κ3) is 3.55. The van der Waals surface area contributed by atoms with Crippen molar-refractivity contribution in [3.05, 3.63) is 58.9 Å². The van der Waals surface area contributed by atoms with Crippen molar-refractivity contribution in [2.75, 3.05) is 18.5 Å². The van der Waals surface area contributed by atoms with Gasteiger partial charge < -0.3 is 4.90 Å². The Labute approximate surface area is 117 Å². The summed E-state index contributed by atoms with van der Waals surface area (Å²) in [5.74, 6) is 0. The van der Waals surface area contributed by atoms with E-state index >= 15 is 0 Å². The molecule has 0 aliphatic heterocycles. The number of aromatic nitrogens is 1. The first kappa shape index (κ1) is 13.6. The summed E-state index contributed by atoms with van der Waals surface area (Å²) in [4.78, 5) is 16.8. The number of rotatable bonds is 5. The molecule has 0 aliphatic rings. The minimum absolute atomic E-state index is 0.489. The highest BCUT2D eigenvalue weighted by molar-refractivity contribution is 6.33. The minimum Gasteiger partial charge on any atom is -0.374 e. The number of aldehydes is 1. The van der Waals surface area contributed by atoms with Gasteiger partial charge in [-0.1, -0.05) is 11.6 Å². The summed E-state index contributed by atoms with van der Waals surface area (Å²) in [7, 11) is 2.01. The maximum absolute atomic E-state index is 10.7. The van der Waals surface area contributed by atoms with Crippen LogP contribution in [0.3, 0.4) is 0 Å². The molecule has 1 aromatic heterocycles. The Bertz CT molecular complexity index is 557. The lowest BCUT2D eigenvalue weighted by atomic mass is 10.1. The van der Waals surface area contributed by atoms with Crippen molar-refractivity contribution in [2.45, 2.75) is 6.42 Å². The molecule has 1 heterocycles. The molecule has 0 saturated carbocycles. The predicted molar refractivity (Wildman–Crippen MR) is 78.1 cm³/mol. The number of nitrogens with zero attached hydrogens (tertiary/aromatic N) is 2. The second kappa shape index (κ2) is 6.34. The van der Waals surface area contributed by atoms with Gasteiger partial charge in [0.25, 0.3) is 0 Å². The number of benzene rings is 1. The highest BCUT2D eigenvalue weighted by atomic mass is 35.5. The van der Waals surface area contributed by atoms with Crippen LogP contribution in [0, 0.1) is 0 Å². The van der Waals surface area contributed by atoms with Gasteiger partial charge in [-0.2, -0.15) is 0 Å². The van der Waals surface area contributed by atoms with Gasteiger partial charge >= 0.3 is 0 Å². The SMILES string of the molecule is CN(CCc1ccncc1)c1ccc(C=O)c(Cl)c1. The van der Waals surface area contributed by atoms with E-state index in [1.165, 1.54) is 5.56 Å². The molecular weight excluding hydrogens is 260 g/mol. The fraction of sp³-hybridized carbons (Fsp3) is 0.200. The van der Waals surface area contributed by atoms with Crippen LogP contribution in [0.4, 0.5) is 5.69 Å². The summed E-state index contributed by atoms with van der Waals surface area (Å²) < 4.78 is 0. The molecule has 2 aromatic rings. The molecule has 0 amide bonds. The van der Waals surface area contributed by atoms with E-state index in [4.69, 9.17) is 11.6 Å². The summed E-state index contributed by atoms with van der Waals surface area (Å²) in [6.45, 7) is 0.876. The summed E-state index contributed by atoms with van der Waals surface area (Å²) >= 11 is 6.02. The van der Waals surface area contributed by atoms with Crippen LogP contribution in [-0.4, -0.2) is 24.9 Å². The second-order valence-corrected chi connectivity index (χ2v) is 4.76. The quantitative estimate of drug-likeness (QED) is 0.785. The second-order valence-electron chi connectivity index (χ2n) is 4.35. The monoisotopic (exact) mass is 274 g/mol. The first-order chi connectivity index (χ1) is 9.20. The molecule has 0 unspecified atom stereocenters. The summed E-state index contributed by atoms with van der Waals surface area (Å²) in [5, 5.41) is 0.489. The fourth-order valence-electron chi connectivity index (χ4n) is 1.82. The van der Waals surface area contributed by atoms with Crippen molar-refractivity contribution in [3.8, 4) is 0 Å². The molecule has 4 heteroatoms. The highest BCUT2D eigenvalue weighted by Gasteiger charge is 2.05. The number of hydrogen-bond acceptors (Lipinski definition) is 3. The van der Waals surface area contributed by atoms with Crippen LogP contribution in [0.15, 0.2) is 42.7 Å². The summed E-state index contributed by atoms with van der Waals surface area (Å²) in [6.07, 6.45) is 5.30. The number of carbonyl (C=O) groups is 1. The van der Waals surface area contributed by atoms with E-state index < -0.39 is 0 Å². The van der Waals surface area contributed by atoms with Gasteiger partial charge in [-0.05, 0) is 42.3 Å². The number of likely N-dealkylation sites (N-methyl/N-ethyl adjacent to an activating group) is 1. The zero-order chi connectivity index (χ0) is 13.7. The number of carbonyl (C=O) groups excluding carboxylic acids is 1. The molecule has 98 valence electrons. The van der Waals surface area contributed by atoms with Crippen LogP contribution in [0.1, 0.15) is 15.9 Å². The Morgan fingerprint density at radius 2 is 2.00 bits per heavy atom. The largest absolute Gasteiger partial charge is 0.374 e. The summed E-state index contributed by atoms with van der Waals surface area (Å²) in [5.41, 5.74) is 2.77. The molecule has 0 bridgehead atoms. The van der Waals surface area contributed by atoms with E-state index in [0.29, 0.717) is 10.6 Å². The Kier molecular flexibility index (Phi) is 4.53. The van der Waals surface area contributed by atoms with E-state index in [0.717, 1.165) is 24.9 Å². The molecule has 0 atom stereocenters. The first-order valence-electron chi connectivity index (χ1n) is 6.05. The fourth-order valence-corrected chi connectivity index (χ4v) is 2.04. The molecule has 0 saturated heterocycles. The van der Waals surface area contributed by atoms with Gasteiger partial charge in [0.05, 0.1) is 5.02 Å². The van der Waals surface area contributed by atoms with Crippen LogP contribution in [-0.2, 0) is 6.42 Å². The third-order valence-electron chi connectivity index (χ3n) is 3.04. The Hall–Kier alpha value is -1.87. The molecule has 0 radical (unpaired) electrons. The number of pyridine rings is 1. The maximum atomic E-state index is 10.7. The van der Waals surface area contributed by atoms with Crippen molar-refractivity contribution >= 4 is 23.6 Å². The Morgan fingerprint density at radius 1 is 1.26 bits per heavy atom. The van der Waals surface area contributed by atoms with Gasteiger partial charge in [0.1, 0.15) is 0 Å². The predicted octanol–water partition coefficient (Wildman–Crippen LogP) is 3.23. The number of anilines is 1. The standard InChI is InChI=1S/C15H15ClN2O/c1-18(9-6-12-4-7-17-8-5-12)14-3-2-13(11-19)15(16)10-14/h2-5,7-8,10-11H,6,9H2,1H3. The van der Waals surface area contributed by atoms with Crippen molar-refractivity contribution in [1.82, 2.24) is 4.98 Å². The van der Waals surface area contributed by atoms with Gasteiger partial charge in [0, 0.05) is 37.2 Å². The molecule has 3 nitrogen and oxygen atoms in total. The lowest BCUT2D eigenvalue weighted by molar-refractivity contribution is 0.112. The molecule has 0 N–H and O–H groups in total. The number of hydrogen-bond donors (Lipinski definition) is 0. The topological polar surface area (TPSA) is 33.2 Å². The van der Waals surface area contributed by atoms with Gasteiger partial charge in [-0.15, -0.1) is 0 Å². The van der Waals surface area contributed by atoms with Crippen molar-refractivity contribution in [3.63, 3.8) is 0 Å². The molecule has 19 heavy (non-hydrogen) atoms. The van der Waals surface area contributed by atoms with Crippen LogP contribution < -0.4 is 4.90 Å². The van der Waals surface area contributed by atoms with Gasteiger partial charge in [0.2, 0.25) is 0 Å². The highest BCUT2D eigenvalue weighted by Crippen LogP contribution is 2.22. The van der Waals surface area contributed by atoms with Gasteiger partial charge in [-0.3, -0.25) is 9.78 Å². The maximum Gasteiger partial charge on any atom is 0.151 e. The van der Waals surface area contributed by atoms with E-state index in [9.17, 15) is 4.79 Å². The molecular formula is C15H15ClN2O. The van der Waals surface area contributed by atoms with Crippen LogP contribution in [0.25, 0.3) is 0 Å². The zero-order valence-electron chi connectivity index (χ0n) is 10.7. The smallest absolute Gasteiger partial charge is 0.151 e. The molecule has 0 fully saturated rings. The average molecular weight is 275 g/mol. The molecule has 0 aliphatic carbocycles. The van der Waals surface area contributed by atoms with Gasteiger partial charge in [-0.25, -0.2) is 0 Å². The van der Waals surface area contributed by atoms with E-state index in [2.05, 4.69) is 9.88 Å². The molecule has 2 rings (SSSR count). The van der Waals surface area contributed by atoms with Crippen molar-refractivity contribution < 1.29 is 4.79 Å². The van der Waals surface area contributed by atoms with Gasteiger partial charge in [0.15, 0.2) is 6.29 Å². The lowest BCUT2D eigenvalue weighted by Crippen LogP contribution is -2.20. The normalized spacial score (nSPS) is 10.2. The minimum atomic E-state index is 0.489. The van der Waals surface area contributed by atoms with E-state index in [-0.39, 0.29) is 0 Å².